The van der Waals surface area contributed by atoms with Crippen molar-refractivity contribution in [1.82, 2.24) is 5.32 Å². The molecule has 0 aliphatic rings. The summed E-state index contributed by atoms with van der Waals surface area (Å²) in [5.41, 5.74) is 0. The molecule has 20 heavy (non-hydrogen) atoms. The number of pyridine rings is 1. The summed E-state index contributed by atoms with van der Waals surface area (Å²) in [7, 11) is 0. The highest BCUT2D eigenvalue weighted by molar-refractivity contribution is 5.75. The number of carbonyl (C=O) groups excluding carboxylic acids is 1. The summed E-state index contributed by atoms with van der Waals surface area (Å²) in [6, 6.07) is 6.04. The van der Waals surface area contributed by atoms with Gasteiger partial charge in [0.05, 0.1) is 0 Å². The summed E-state index contributed by atoms with van der Waals surface area (Å²) in [6.45, 7) is 5.13. The molecule has 0 bridgehead atoms. The highest BCUT2D eigenvalue weighted by Crippen LogP contribution is 1.95. The van der Waals surface area contributed by atoms with Crippen LogP contribution in [0.25, 0.3) is 0 Å². The van der Waals surface area contributed by atoms with Crippen LogP contribution in [0.1, 0.15) is 32.6 Å². The smallest absolute Gasteiger partial charge is 0.219 e. The highest BCUT2D eigenvalue weighted by atomic mass is 79.9. The van der Waals surface area contributed by atoms with E-state index >= 15 is 0 Å². The van der Waals surface area contributed by atoms with Gasteiger partial charge < -0.3 is 27.0 Å². The molecule has 0 fully saturated rings. The minimum Gasteiger partial charge on any atom is -1.00 e. The van der Waals surface area contributed by atoms with Crippen LogP contribution in [0.2, 0.25) is 0 Å². The Bertz CT molecular complexity index is 347. The van der Waals surface area contributed by atoms with Gasteiger partial charge in [-0.25, -0.2) is 4.57 Å². The number of nitrogens with one attached hydrogen (secondary N) is 1. The quantitative estimate of drug-likeness (QED) is 0.423. The molecule has 1 N–H and O–H groups in total. The number of carbonyl (C=O) groups is 1. The minimum absolute atomic E-state index is 0. The molecule has 0 saturated carbocycles. The Kier molecular flexibility index (Phi) is 12.4. The van der Waals surface area contributed by atoms with Gasteiger partial charge in [0.2, 0.25) is 5.91 Å². The Morgan fingerprint density at radius 1 is 1.15 bits per heavy atom. The van der Waals surface area contributed by atoms with Gasteiger partial charge in [-0.3, -0.25) is 4.79 Å². The summed E-state index contributed by atoms with van der Waals surface area (Å²) >= 11 is 0. The van der Waals surface area contributed by atoms with E-state index in [1.165, 1.54) is 0 Å². The van der Waals surface area contributed by atoms with E-state index in [1.54, 1.807) is 0 Å². The molecule has 0 saturated heterocycles. The third-order valence-electron chi connectivity index (χ3n) is 2.84. The number of amides is 1. The van der Waals surface area contributed by atoms with Crippen LogP contribution in [-0.2, 0) is 16.1 Å². The maximum Gasteiger partial charge on any atom is 0.219 e. The number of aromatic nitrogens is 1. The van der Waals surface area contributed by atoms with Crippen LogP contribution < -0.4 is 26.9 Å². The van der Waals surface area contributed by atoms with E-state index in [9.17, 15) is 4.79 Å². The third-order valence-corrected chi connectivity index (χ3v) is 2.84. The molecule has 1 rings (SSSR count). The van der Waals surface area contributed by atoms with Gasteiger partial charge >= 0.3 is 0 Å². The third kappa shape index (κ3) is 9.92. The van der Waals surface area contributed by atoms with Crippen molar-refractivity contribution in [3.8, 4) is 0 Å². The van der Waals surface area contributed by atoms with Gasteiger partial charge in [0.15, 0.2) is 12.4 Å². The predicted molar refractivity (Wildman–Crippen MR) is 74.6 cm³/mol. The first-order chi connectivity index (χ1) is 9.33. The largest absolute Gasteiger partial charge is 1.00 e. The zero-order valence-corrected chi connectivity index (χ0v) is 13.8. The fourth-order valence-electron chi connectivity index (χ4n) is 1.80. The minimum atomic E-state index is 0. The molecule has 114 valence electrons. The van der Waals surface area contributed by atoms with Gasteiger partial charge in [0.25, 0.3) is 0 Å². The van der Waals surface area contributed by atoms with E-state index in [-0.39, 0.29) is 22.9 Å². The summed E-state index contributed by atoms with van der Waals surface area (Å²) in [5, 5.41) is 2.91. The number of aryl methyl sites for hydroxylation is 1. The second-order valence-electron chi connectivity index (χ2n) is 4.47. The van der Waals surface area contributed by atoms with E-state index < -0.39 is 0 Å². The lowest BCUT2D eigenvalue weighted by atomic mass is 10.2. The Morgan fingerprint density at radius 3 is 2.60 bits per heavy atom. The van der Waals surface area contributed by atoms with Crippen LogP contribution in [0.3, 0.4) is 0 Å². The van der Waals surface area contributed by atoms with Crippen molar-refractivity contribution in [2.75, 3.05) is 19.8 Å². The first-order valence-corrected chi connectivity index (χ1v) is 7.11. The molecule has 0 aliphatic heterocycles. The van der Waals surface area contributed by atoms with E-state index in [2.05, 4.69) is 9.88 Å². The molecule has 4 nitrogen and oxygen atoms in total. The molecule has 0 unspecified atom stereocenters. The summed E-state index contributed by atoms with van der Waals surface area (Å²) in [4.78, 5) is 11.5. The van der Waals surface area contributed by atoms with Crippen molar-refractivity contribution >= 4 is 5.91 Å². The average Bonchev–Trinajstić information content (AvgIpc) is 2.44. The normalized spacial score (nSPS) is 9.85. The van der Waals surface area contributed by atoms with Gasteiger partial charge in [-0.1, -0.05) is 6.07 Å². The first-order valence-electron chi connectivity index (χ1n) is 7.11. The van der Waals surface area contributed by atoms with E-state index in [4.69, 9.17) is 4.74 Å². The molecule has 1 amide bonds. The summed E-state index contributed by atoms with van der Waals surface area (Å²) < 4.78 is 7.35. The van der Waals surface area contributed by atoms with Gasteiger partial charge in [-0.15, -0.1) is 0 Å². The molecule has 1 aromatic heterocycles. The lowest BCUT2D eigenvalue weighted by Crippen LogP contribution is -3.00. The van der Waals surface area contributed by atoms with Crippen LogP contribution >= 0.6 is 0 Å². The summed E-state index contributed by atoms with van der Waals surface area (Å²) in [5.74, 6) is 0.148. The molecule has 0 aliphatic carbocycles. The van der Waals surface area contributed by atoms with Crippen molar-refractivity contribution in [3.63, 3.8) is 0 Å². The molecule has 1 aromatic rings. The van der Waals surface area contributed by atoms with Crippen LogP contribution in [-0.4, -0.2) is 25.7 Å². The van der Waals surface area contributed by atoms with Crippen LogP contribution in [0.5, 0.6) is 0 Å². The number of unbranched alkanes of at least 4 members (excludes halogenated alkanes) is 1. The van der Waals surface area contributed by atoms with Gasteiger partial charge in [-0.05, 0) is 19.8 Å². The van der Waals surface area contributed by atoms with Crippen LogP contribution in [0.4, 0.5) is 0 Å². The number of nitrogens with zero attached hydrogens (tertiary/aromatic N) is 1. The average molecular weight is 345 g/mol. The fourth-order valence-corrected chi connectivity index (χ4v) is 1.80. The number of halogens is 1. The Morgan fingerprint density at radius 2 is 1.90 bits per heavy atom. The number of rotatable bonds is 10. The monoisotopic (exact) mass is 344 g/mol. The second-order valence-corrected chi connectivity index (χ2v) is 4.47. The summed E-state index contributed by atoms with van der Waals surface area (Å²) in [6.07, 6.45) is 7.56. The molecule has 1 heterocycles. The second kappa shape index (κ2) is 13.1. The standard InChI is InChI=1S/C15H24N2O2.BrH/c1-2-19-14-8-10-16-15(18)9-4-7-13-17-11-5-3-6-12-17;/h3,5-6,11-12H,2,4,7-10,13-14H2,1H3;1H. The van der Waals surface area contributed by atoms with Crippen LogP contribution in [0.15, 0.2) is 30.6 Å². The molecular weight excluding hydrogens is 320 g/mol. The maximum absolute atomic E-state index is 11.5. The molecule has 0 aromatic carbocycles. The number of ether oxygens (including phenoxy) is 1. The topological polar surface area (TPSA) is 42.2 Å². The zero-order chi connectivity index (χ0) is 13.8. The van der Waals surface area contributed by atoms with Crippen LogP contribution in [0, 0.1) is 0 Å². The molecule has 0 radical (unpaired) electrons. The Labute approximate surface area is 132 Å². The van der Waals surface area contributed by atoms with Crippen molar-refractivity contribution in [1.29, 1.82) is 0 Å². The Hall–Kier alpha value is -0.940. The van der Waals surface area contributed by atoms with E-state index in [0.29, 0.717) is 13.0 Å². The zero-order valence-electron chi connectivity index (χ0n) is 12.2. The molecular formula is C15H25BrN2O2. The molecule has 0 atom stereocenters. The first kappa shape index (κ1) is 19.1. The molecule has 5 heteroatoms. The van der Waals surface area contributed by atoms with Crippen molar-refractivity contribution in [2.45, 2.75) is 39.2 Å². The van der Waals surface area contributed by atoms with Crippen molar-refractivity contribution in [3.05, 3.63) is 30.6 Å². The molecule has 0 spiro atoms. The maximum atomic E-state index is 11.5. The van der Waals surface area contributed by atoms with E-state index in [0.717, 1.165) is 39.0 Å². The van der Waals surface area contributed by atoms with Crippen molar-refractivity contribution < 1.29 is 31.1 Å². The highest BCUT2D eigenvalue weighted by Gasteiger charge is 2.02. The van der Waals surface area contributed by atoms with Crippen molar-refractivity contribution in [2.24, 2.45) is 0 Å². The lowest BCUT2D eigenvalue weighted by molar-refractivity contribution is -0.697. The van der Waals surface area contributed by atoms with Gasteiger partial charge in [0.1, 0.15) is 6.54 Å². The van der Waals surface area contributed by atoms with E-state index in [1.807, 2.05) is 37.5 Å². The predicted octanol–water partition coefficient (Wildman–Crippen LogP) is -1.31. The number of hydrogen-bond donors (Lipinski definition) is 1. The Balaban J connectivity index is 0.00000361. The fraction of sp³-hybridized carbons (Fsp3) is 0.600. The van der Waals surface area contributed by atoms with Gasteiger partial charge in [-0.2, -0.15) is 0 Å². The SMILES string of the molecule is CCOCCCNC(=O)CCCC[n+]1ccccc1.[Br-]. The number of hydrogen-bond acceptors (Lipinski definition) is 2. The van der Waals surface area contributed by atoms with Gasteiger partial charge in [0, 0.05) is 44.7 Å². The lowest BCUT2D eigenvalue weighted by Gasteiger charge is -2.04.